The largest absolute Gasteiger partial charge is 0.463 e. The second-order valence-corrected chi connectivity index (χ2v) is 3.65. The first kappa shape index (κ1) is 11.6. The number of esters is 1. The van der Waals surface area contributed by atoms with E-state index in [1.807, 2.05) is 0 Å². The molecule has 82 valence electrons. The molecule has 1 heterocycles. The van der Waals surface area contributed by atoms with Crippen LogP contribution in [0.3, 0.4) is 0 Å². The number of primary amides is 1. The van der Waals surface area contributed by atoms with Crippen molar-refractivity contribution in [3.63, 3.8) is 0 Å². The molecular formula is C9H11NO4S. The van der Waals surface area contributed by atoms with Crippen LogP contribution in [0.1, 0.15) is 21.6 Å². The minimum atomic E-state index is -0.580. The van der Waals surface area contributed by atoms with Gasteiger partial charge in [-0.15, -0.1) is 11.8 Å². The first-order valence-corrected chi connectivity index (χ1v) is 5.39. The number of furan rings is 1. The summed E-state index contributed by atoms with van der Waals surface area (Å²) in [6.07, 6.45) is 1.73. The van der Waals surface area contributed by atoms with Crippen molar-refractivity contribution in [3.8, 4) is 0 Å². The van der Waals surface area contributed by atoms with Crippen LogP contribution in [-0.4, -0.2) is 25.2 Å². The molecule has 1 aromatic rings. The van der Waals surface area contributed by atoms with E-state index in [4.69, 9.17) is 10.2 Å². The molecule has 15 heavy (non-hydrogen) atoms. The van der Waals surface area contributed by atoms with E-state index < -0.39 is 17.1 Å². The molecule has 2 N–H and O–H groups in total. The van der Waals surface area contributed by atoms with Crippen molar-refractivity contribution in [2.24, 2.45) is 5.73 Å². The molecule has 0 aliphatic carbocycles. The first-order valence-electron chi connectivity index (χ1n) is 4.10. The first-order chi connectivity index (χ1) is 7.10. The van der Waals surface area contributed by atoms with E-state index in [0.29, 0.717) is 5.76 Å². The van der Waals surface area contributed by atoms with E-state index >= 15 is 0 Å². The Labute approximate surface area is 91.0 Å². The van der Waals surface area contributed by atoms with Crippen LogP contribution in [0.2, 0.25) is 0 Å². The van der Waals surface area contributed by atoms with Gasteiger partial charge in [0.1, 0.15) is 11.0 Å². The van der Waals surface area contributed by atoms with E-state index in [9.17, 15) is 9.59 Å². The van der Waals surface area contributed by atoms with Gasteiger partial charge in [-0.05, 0) is 18.4 Å². The quantitative estimate of drug-likeness (QED) is 0.777. The van der Waals surface area contributed by atoms with Crippen LogP contribution in [0.5, 0.6) is 0 Å². The van der Waals surface area contributed by atoms with Gasteiger partial charge in [0.2, 0.25) is 11.7 Å². The van der Waals surface area contributed by atoms with E-state index in [2.05, 4.69) is 4.74 Å². The summed E-state index contributed by atoms with van der Waals surface area (Å²) in [5.41, 5.74) is 5.16. The van der Waals surface area contributed by atoms with Crippen LogP contribution in [0.4, 0.5) is 0 Å². The van der Waals surface area contributed by atoms with Gasteiger partial charge in [0.25, 0.3) is 0 Å². The summed E-state index contributed by atoms with van der Waals surface area (Å²) >= 11 is 1.24. The third kappa shape index (κ3) is 2.53. The summed E-state index contributed by atoms with van der Waals surface area (Å²) in [6.45, 7) is 0. The Morgan fingerprint density at radius 3 is 2.67 bits per heavy atom. The second kappa shape index (κ2) is 4.88. The number of nitrogens with two attached hydrogens (primary N) is 1. The molecule has 1 amide bonds. The van der Waals surface area contributed by atoms with Gasteiger partial charge in [0, 0.05) is 0 Å². The number of carbonyl (C=O) groups excluding carboxylic acids is 2. The summed E-state index contributed by atoms with van der Waals surface area (Å²) in [5, 5.41) is -0.580. The topological polar surface area (TPSA) is 82.5 Å². The molecule has 6 heteroatoms. The molecule has 1 aromatic heterocycles. The molecule has 0 saturated carbocycles. The Kier molecular flexibility index (Phi) is 3.79. The fourth-order valence-corrected chi connectivity index (χ4v) is 1.67. The van der Waals surface area contributed by atoms with Crippen LogP contribution >= 0.6 is 11.8 Å². The molecule has 0 aliphatic heterocycles. The number of amides is 1. The van der Waals surface area contributed by atoms with Crippen molar-refractivity contribution >= 4 is 23.6 Å². The molecule has 0 saturated heterocycles. The van der Waals surface area contributed by atoms with Crippen LogP contribution in [0.25, 0.3) is 0 Å². The highest BCUT2D eigenvalue weighted by Crippen LogP contribution is 2.27. The van der Waals surface area contributed by atoms with E-state index in [0.717, 1.165) is 0 Å². The van der Waals surface area contributed by atoms with E-state index in [-0.39, 0.29) is 5.76 Å². The van der Waals surface area contributed by atoms with Crippen LogP contribution in [-0.2, 0) is 9.53 Å². The number of rotatable bonds is 4. The number of ether oxygens (including phenoxy) is 1. The molecular weight excluding hydrogens is 218 g/mol. The third-order valence-electron chi connectivity index (χ3n) is 1.77. The lowest BCUT2D eigenvalue weighted by Gasteiger charge is -2.05. The van der Waals surface area contributed by atoms with Gasteiger partial charge in [-0.3, -0.25) is 4.79 Å². The standard InChI is InChI=1S/C9H11NO4S/c1-13-9(12)6-4-3-5(14-6)7(15-2)8(10)11/h3-4,7H,1-2H3,(H2,10,11). The highest BCUT2D eigenvalue weighted by atomic mass is 32.2. The van der Waals surface area contributed by atoms with Crippen LogP contribution in [0, 0.1) is 0 Å². The van der Waals surface area contributed by atoms with Crippen LogP contribution in [0.15, 0.2) is 16.5 Å². The molecule has 1 atom stereocenters. The highest BCUT2D eigenvalue weighted by Gasteiger charge is 2.22. The lowest BCUT2D eigenvalue weighted by Crippen LogP contribution is -2.18. The van der Waals surface area contributed by atoms with Gasteiger partial charge in [-0.2, -0.15) is 0 Å². The Balaban J connectivity index is 2.92. The zero-order valence-electron chi connectivity index (χ0n) is 8.35. The number of thioether (sulfide) groups is 1. The average molecular weight is 229 g/mol. The molecule has 0 bridgehead atoms. The zero-order valence-corrected chi connectivity index (χ0v) is 9.17. The van der Waals surface area contributed by atoms with Gasteiger partial charge in [0.15, 0.2) is 0 Å². The molecule has 1 unspecified atom stereocenters. The summed E-state index contributed by atoms with van der Waals surface area (Å²) in [6, 6.07) is 2.99. The van der Waals surface area contributed by atoms with Gasteiger partial charge >= 0.3 is 5.97 Å². The highest BCUT2D eigenvalue weighted by molar-refractivity contribution is 7.99. The normalized spacial score (nSPS) is 12.1. The lowest BCUT2D eigenvalue weighted by atomic mass is 10.3. The van der Waals surface area contributed by atoms with Crippen molar-refractivity contribution < 1.29 is 18.7 Å². The fourth-order valence-electron chi connectivity index (χ4n) is 1.08. The predicted molar refractivity (Wildman–Crippen MR) is 55.5 cm³/mol. The molecule has 1 rings (SSSR count). The number of methoxy groups -OCH3 is 1. The average Bonchev–Trinajstić information content (AvgIpc) is 2.66. The molecule has 0 aliphatic rings. The van der Waals surface area contributed by atoms with Crippen LogP contribution < -0.4 is 5.73 Å². The van der Waals surface area contributed by atoms with Crippen molar-refractivity contribution in [2.75, 3.05) is 13.4 Å². The summed E-state index contributed by atoms with van der Waals surface area (Å²) in [4.78, 5) is 22.1. The van der Waals surface area contributed by atoms with E-state index in [1.165, 1.54) is 31.0 Å². The maximum Gasteiger partial charge on any atom is 0.373 e. The zero-order chi connectivity index (χ0) is 11.4. The van der Waals surface area contributed by atoms with Gasteiger partial charge in [-0.25, -0.2) is 4.79 Å². The maximum absolute atomic E-state index is 11.1. The predicted octanol–water partition coefficient (Wildman–Crippen LogP) is 0.956. The third-order valence-corrected chi connectivity index (χ3v) is 2.70. The Bertz CT molecular complexity index is 374. The van der Waals surface area contributed by atoms with Gasteiger partial charge in [0.05, 0.1) is 7.11 Å². The summed E-state index contributed by atoms with van der Waals surface area (Å²) in [7, 11) is 1.25. The molecule has 0 spiro atoms. The molecule has 5 nitrogen and oxygen atoms in total. The minimum absolute atomic E-state index is 0.0628. The monoisotopic (exact) mass is 229 g/mol. The molecule has 0 fully saturated rings. The van der Waals surface area contributed by atoms with Crippen molar-refractivity contribution in [1.29, 1.82) is 0 Å². The smallest absolute Gasteiger partial charge is 0.373 e. The Morgan fingerprint density at radius 1 is 1.53 bits per heavy atom. The van der Waals surface area contributed by atoms with Crippen molar-refractivity contribution in [1.82, 2.24) is 0 Å². The van der Waals surface area contributed by atoms with Gasteiger partial charge in [-0.1, -0.05) is 0 Å². The number of hydrogen-bond acceptors (Lipinski definition) is 5. The van der Waals surface area contributed by atoms with Gasteiger partial charge < -0.3 is 14.9 Å². The number of hydrogen-bond donors (Lipinski definition) is 1. The van der Waals surface area contributed by atoms with Crippen molar-refractivity contribution in [2.45, 2.75) is 5.25 Å². The minimum Gasteiger partial charge on any atom is -0.463 e. The Hall–Kier alpha value is -1.43. The summed E-state index contributed by atoms with van der Waals surface area (Å²) < 4.78 is 9.62. The second-order valence-electron chi connectivity index (χ2n) is 2.71. The Morgan fingerprint density at radius 2 is 2.20 bits per heavy atom. The van der Waals surface area contributed by atoms with Crippen molar-refractivity contribution in [3.05, 3.63) is 23.7 Å². The number of carbonyl (C=O) groups is 2. The SMILES string of the molecule is COC(=O)c1ccc(C(SC)C(N)=O)o1. The fraction of sp³-hybridized carbons (Fsp3) is 0.333. The molecule has 0 aromatic carbocycles. The lowest BCUT2D eigenvalue weighted by molar-refractivity contribution is -0.117. The molecule has 0 radical (unpaired) electrons. The van der Waals surface area contributed by atoms with E-state index in [1.54, 1.807) is 6.26 Å². The maximum atomic E-state index is 11.1. The summed E-state index contributed by atoms with van der Waals surface area (Å²) in [5.74, 6) is -0.665.